The van der Waals surface area contributed by atoms with Crippen molar-refractivity contribution in [2.75, 3.05) is 79.6 Å². The maximum Gasteiger partial charge on any atom is 0.253 e. The lowest BCUT2D eigenvalue weighted by Gasteiger charge is -2.34. The van der Waals surface area contributed by atoms with Gasteiger partial charge in [0.2, 0.25) is 0 Å². The molecule has 2 aliphatic rings. The number of hydrogen-bond acceptors (Lipinski definition) is 5. The van der Waals surface area contributed by atoms with Crippen LogP contribution in [0.25, 0.3) is 21.7 Å². The Morgan fingerprint density at radius 3 is 2.10 bits per heavy atom. The molecule has 0 saturated carbocycles. The van der Waals surface area contributed by atoms with Crippen LogP contribution >= 0.6 is 0 Å². The molecule has 4 aromatic carbocycles. The van der Waals surface area contributed by atoms with E-state index in [1.54, 1.807) is 7.11 Å². The smallest absolute Gasteiger partial charge is 0.253 e. The number of fused-ring (bicyclic) bond motifs is 2. The average Bonchev–Trinajstić information content (AvgIpc) is 3.39. The molecule has 2 saturated heterocycles. The van der Waals surface area contributed by atoms with Crippen molar-refractivity contribution >= 4 is 27.6 Å². The van der Waals surface area contributed by atoms with Crippen molar-refractivity contribution in [2.45, 2.75) is 39.7 Å². The number of nitrogens with zero attached hydrogens (tertiary/aromatic N) is 5. The van der Waals surface area contributed by atoms with Gasteiger partial charge in [0.05, 0.1) is 7.11 Å². The summed E-state index contributed by atoms with van der Waals surface area (Å²) in [7, 11) is 3.93. The third kappa shape index (κ3) is 7.75. The van der Waals surface area contributed by atoms with E-state index in [0.717, 1.165) is 63.4 Å². The lowest BCUT2D eigenvalue weighted by Crippen LogP contribution is -2.49. The highest BCUT2D eigenvalue weighted by atomic mass is 16.5. The third-order valence-corrected chi connectivity index (χ3v) is 11.3. The van der Waals surface area contributed by atoms with Gasteiger partial charge in [0.25, 0.3) is 5.91 Å². The molecule has 5 aromatic rings. The molecule has 2 aliphatic heterocycles. The number of amides is 1. The molecule has 50 heavy (non-hydrogen) atoms. The summed E-state index contributed by atoms with van der Waals surface area (Å²) in [6.45, 7) is 15.9. The van der Waals surface area contributed by atoms with Gasteiger partial charge in [-0.05, 0) is 116 Å². The van der Waals surface area contributed by atoms with Crippen molar-refractivity contribution in [1.82, 2.24) is 24.2 Å². The molecular formula is C43H53N5O2. The Morgan fingerprint density at radius 2 is 1.34 bits per heavy atom. The number of benzene rings is 4. The molecule has 262 valence electrons. The Hall–Kier alpha value is -4.17. The van der Waals surface area contributed by atoms with E-state index in [-0.39, 0.29) is 5.91 Å². The maximum absolute atomic E-state index is 13.4. The van der Waals surface area contributed by atoms with Crippen LogP contribution in [0.15, 0.2) is 78.9 Å². The van der Waals surface area contributed by atoms with Crippen LogP contribution in [-0.4, -0.2) is 110 Å². The van der Waals surface area contributed by atoms with Gasteiger partial charge >= 0.3 is 0 Å². The average molecular weight is 672 g/mol. The van der Waals surface area contributed by atoms with Gasteiger partial charge < -0.3 is 24.0 Å². The van der Waals surface area contributed by atoms with Crippen LogP contribution in [0.3, 0.4) is 0 Å². The number of aryl methyl sites for hydroxylation is 2. The minimum absolute atomic E-state index is 0.141. The minimum atomic E-state index is 0.141. The number of likely N-dealkylation sites (N-methyl/N-ethyl adjacent to an activating group) is 1. The minimum Gasteiger partial charge on any atom is -0.497 e. The van der Waals surface area contributed by atoms with Crippen LogP contribution in [0.5, 0.6) is 5.75 Å². The molecule has 7 nitrogen and oxygen atoms in total. The van der Waals surface area contributed by atoms with Crippen LogP contribution in [0.1, 0.15) is 44.7 Å². The number of aromatic nitrogens is 1. The van der Waals surface area contributed by atoms with Gasteiger partial charge in [0.1, 0.15) is 5.75 Å². The van der Waals surface area contributed by atoms with Crippen molar-refractivity contribution in [3.63, 3.8) is 0 Å². The van der Waals surface area contributed by atoms with Gasteiger partial charge in [-0.25, -0.2) is 0 Å². The van der Waals surface area contributed by atoms with Crippen LogP contribution < -0.4 is 4.74 Å². The van der Waals surface area contributed by atoms with Gasteiger partial charge in [-0.1, -0.05) is 42.5 Å². The van der Waals surface area contributed by atoms with Gasteiger partial charge in [0.15, 0.2) is 0 Å². The van der Waals surface area contributed by atoms with E-state index in [1.165, 1.54) is 88.8 Å². The van der Waals surface area contributed by atoms with E-state index in [0.29, 0.717) is 0 Å². The number of carbonyl (C=O) groups is 1. The summed E-state index contributed by atoms with van der Waals surface area (Å²) in [6, 6.07) is 28.2. The third-order valence-electron chi connectivity index (χ3n) is 11.3. The zero-order valence-corrected chi connectivity index (χ0v) is 30.5. The summed E-state index contributed by atoms with van der Waals surface area (Å²) in [4.78, 5) is 22.9. The molecule has 0 aliphatic carbocycles. The number of piperazine rings is 2. The number of ether oxygens (including phenoxy) is 1. The molecule has 0 spiro atoms. The molecule has 1 aromatic heterocycles. The number of hydrogen-bond donors (Lipinski definition) is 0. The largest absolute Gasteiger partial charge is 0.497 e. The maximum atomic E-state index is 13.4. The molecule has 0 N–H and O–H groups in total. The lowest BCUT2D eigenvalue weighted by molar-refractivity contribution is 0.0638. The fourth-order valence-corrected chi connectivity index (χ4v) is 7.82. The van der Waals surface area contributed by atoms with Crippen molar-refractivity contribution in [3.8, 4) is 5.75 Å². The van der Waals surface area contributed by atoms with E-state index in [2.05, 4.69) is 101 Å². The first-order chi connectivity index (χ1) is 24.3. The monoisotopic (exact) mass is 671 g/mol. The van der Waals surface area contributed by atoms with Crippen LogP contribution in [0.4, 0.5) is 0 Å². The first-order valence-corrected chi connectivity index (χ1v) is 18.5. The van der Waals surface area contributed by atoms with Crippen molar-refractivity contribution in [1.29, 1.82) is 0 Å². The summed E-state index contributed by atoms with van der Waals surface area (Å²) in [6.07, 6.45) is 3.05. The predicted molar refractivity (Wildman–Crippen MR) is 206 cm³/mol. The molecule has 0 atom stereocenters. The fourth-order valence-electron chi connectivity index (χ4n) is 7.82. The zero-order chi connectivity index (χ0) is 34.6. The Kier molecular flexibility index (Phi) is 10.5. The highest BCUT2D eigenvalue weighted by molar-refractivity contribution is 5.94. The van der Waals surface area contributed by atoms with Crippen molar-refractivity contribution in [3.05, 3.63) is 112 Å². The standard InChI is InChI=1S/C43H53N5O2/c1-32-33(2)48(18-5-17-45-22-20-44(3)21-23-45)42-15-9-36(30-41(32)42)28-34-6-10-37(11-7-34)43(49)47-26-24-46(25-27-47)19-16-35-8-12-39-31-40(50-4)14-13-38(39)29-35/h6-15,29-31H,5,16-28H2,1-4H3. The van der Waals surface area contributed by atoms with Crippen molar-refractivity contribution < 1.29 is 9.53 Å². The molecular weight excluding hydrogens is 619 g/mol. The molecule has 3 heterocycles. The van der Waals surface area contributed by atoms with Gasteiger partial charge in [-0.3, -0.25) is 9.69 Å². The summed E-state index contributed by atoms with van der Waals surface area (Å²) < 4.78 is 7.89. The summed E-state index contributed by atoms with van der Waals surface area (Å²) in [5, 5.41) is 3.81. The summed E-state index contributed by atoms with van der Waals surface area (Å²) in [5.74, 6) is 1.03. The van der Waals surface area contributed by atoms with Crippen molar-refractivity contribution in [2.24, 2.45) is 0 Å². The molecule has 7 heteroatoms. The quantitative estimate of drug-likeness (QED) is 0.158. The molecule has 0 unspecified atom stereocenters. The van der Waals surface area contributed by atoms with E-state index in [9.17, 15) is 4.79 Å². The highest BCUT2D eigenvalue weighted by Gasteiger charge is 2.22. The second-order valence-corrected chi connectivity index (χ2v) is 14.5. The summed E-state index contributed by atoms with van der Waals surface area (Å²) >= 11 is 0. The van der Waals surface area contributed by atoms with E-state index in [1.807, 2.05) is 23.1 Å². The molecule has 1 amide bonds. The number of carbonyl (C=O) groups excluding carboxylic acids is 1. The van der Waals surface area contributed by atoms with Crippen LogP contribution in [0.2, 0.25) is 0 Å². The van der Waals surface area contributed by atoms with Gasteiger partial charge in [-0.15, -0.1) is 0 Å². The van der Waals surface area contributed by atoms with E-state index >= 15 is 0 Å². The molecule has 7 rings (SSSR count). The fraction of sp³-hybridized carbons (Fsp3) is 0.419. The Bertz CT molecular complexity index is 1930. The molecule has 2 fully saturated rings. The lowest BCUT2D eigenvalue weighted by atomic mass is 10.0. The van der Waals surface area contributed by atoms with Crippen LogP contribution in [0, 0.1) is 13.8 Å². The van der Waals surface area contributed by atoms with E-state index in [4.69, 9.17) is 4.74 Å². The van der Waals surface area contributed by atoms with Gasteiger partial charge in [0, 0.05) is 87.6 Å². The zero-order valence-electron chi connectivity index (χ0n) is 30.5. The Morgan fingerprint density at radius 1 is 0.680 bits per heavy atom. The predicted octanol–water partition coefficient (Wildman–Crippen LogP) is 6.65. The van der Waals surface area contributed by atoms with Gasteiger partial charge in [-0.2, -0.15) is 0 Å². The first kappa shape index (κ1) is 34.3. The topological polar surface area (TPSA) is 44.2 Å². The number of rotatable bonds is 11. The summed E-state index contributed by atoms with van der Waals surface area (Å²) in [5.41, 5.74) is 8.79. The second-order valence-electron chi connectivity index (χ2n) is 14.5. The molecule has 0 bridgehead atoms. The normalized spacial score (nSPS) is 16.4. The second kappa shape index (κ2) is 15.4. The SMILES string of the molecule is COc1ccc2cc(CCN3CCN(C(=O)c4ccc(Cc5ccc6c(c5)c(C)c(C)n6CCCN5CCN(C)CC5)cc4)CC3)ccc2c1. The van der Waals surface area contributed by atoms with E-state index < -0.39 is 0 Å². The number of methoxy groups -OCH3 is 1. The highest BCUT2D eigenvalue weighted by Crippen LogP contribution is 2.28. The first-order valence-electron chi connectivity index (χ1n) is 18.5. The van der Waals surface area contributed by atoms with Crippen LogP contribution in [-0.2, 0) is 19.4 Å². The molecule has 0 radical (unpaired) electrons. The Labute approximate surface area is 298 Å². The Balaban J connectivity index is 0.897.